The SMILES string of the molecule is c1ccc(-c2nc3cc4oc5ccc(N(c6ccccc6)c6cccc7oc8ccccc8c67)cc5c4cc3o2)cc1. The number of rotatable bonds is 4. The summed E-state index contributed by atoms with van der Waals surface area (Å²) in [7, 11) is 0. The highest BCUT2D eigenvalue weighted by Crippen LogP contribution is 2.44. The van der Waals surface area contributed by atoms with Gasteiger partial charge in [0.15, 0.2) is 5.58 Å². The summed E-state index contributed by atoms with van der Waals surface area (Å²) in [5, 5.41) is 4.15. The van der Waals surface area contributed by atoms with E-state index in [9.17, 15) is 0 Å². The van der Waals surface area contributed by atoms with Gasteiger partial charge in [-0.3, -0.25) is 0 Å². The van der Waals surface area contributed by atoms with Gasteiger partial charge < -0.3 is 18.2 Å². The van der Waals surface area contributed by atoms with Crippen molar-refractivity contribution in [2.24, 2.45) is 0 Å². The van der Waals surface area contributed by atoms with Gasteiger partial charge in [0, 0.05) is 39.2 Å². The zero-order chi connectivity index (χ0) is 27.6. The van der Waals surface area contributed by atoms with E-state index in [2.05, 4.69) is 59.5 Å². The van der Waals surface area contributed by atoms with Crippen LogP contribution in [0.2, 0.25) is 0 Å². The summed E-state index contributed by atoms with van der Waals surface area (Å²) in [6, 6.07) is 45.1. The number of anilines is 3. The van der Waals surface area contributed by atoms with E-state index < -0.39 is 0 Å². The lowest BCUT2D eigenvalue weighted by molar-refractivity contribution is 0.620. The summed E-state index contributed by atoms with van der Waals surface area (Å²) < 4.78 is 18.8. The first-order chi connectivity index (χ1) is 20.8. The van der Waals surface area contributed by atoms with Crippen molar-refractivity contribution in [3.05, 3.63) is 133 Å². The minimum absolute atomic E-state index is 0.596. The first-order valence-corrected chi connectivity index (χ1v) is 13.9. The third-order valence-electron chi connectivity index (χ3n) is 7.88. The summed E-state index contributed by atoms with van der Waals surface area (Å²) in [4.78, 5) is 7.01. The Morgan fingerprint density at radius 2 is 1.17 bits per heavy atom. The number of para-hydroxylation sites is 2. The molecule has 0 aliphatic heterocycles. The van der Waals surface area contributed by atoms with Crippen LogP contribution in [0.15, 0.2) is 147 Å². The smallest absolute Gasteiger partial charge is 0.227 e. The molecule has 198 valence electrons. The van der Waals surface area contributed by atoms with Gasteiger partial charge in [0.2, 0.25) is 5.89 Å². The fourth-order valence-corrected chi connectivity index (χ4v) is 5.98. The highest BCUT2D eigenvalue weighted by atomic mass is 16.4. The van der Waals surface area contributed by atoms with E-state index in [0.717, 1.165) is 77.6 Å². The topological polar surface area (TPSA) is 55.6 Å². The van der Waals surface area contributed by atoms with Crippen molar-refractivity contribution in [2.45, 2.75) is 0 Å². The molecule has 0 unspecified atom stereocenters. The molecule has 42 heavy (non-hydrogen) atoms. The largest absolute Gasteiger partial charge is 0.456 e. The molecule has 0 radical (unpaired) electrons. The number of benzene rings is 6. The van der Waals surface area contributed by atoms with Crippen LogP contribution in [0.3, 0.4) is 0 Å². The van der Waals surface area contributed by atoms with E-state index in [1.54, 1.807) is 0 Å². The second kappa shape index (κ2) is 8.85. The third kappa shape index (κ3) is 3.47. The molecule has 0 bridgehead atoms. The van der Waals surface area contributed by atoms with Crippen molar-refractivity contribution in [3.63, 3.8) is 0 Å². The maximum atomic E-state index is 6.32. The van der Waals surface area contributed by atoms with Gasteiger partial charge in [-0.2, -0.15) is 0 Å². The molecule has 0 saturated carbocycles. The van der Waals surface area contributed by atoms with Gasteiger partial charge in [-0.25, -0.2) is 4.98 Å². The summed E-state index contributed by atoms with van der Waals surface area (Å²) in [6.45, 7) is 0. The lowest BCUT2D eigenvalue weighted by atomic mass is 10.1. The third-order valence-corrected chi connectivity index (χ3v) is 7.88. The van der Waals surface area contributed by atoms with Crippen LogP contribution >= 0.6 is 0 Å². The van der Waals surface area contributed by atoms with Gasteiger partial charge >= 0.3 is 0 Å². The zero-order valence-corrected chi connectivity index (χ0v) is 22.3. The highest BCUT2D eigenvalue weighted by Gasteiger charge is 2.21. The van der Waals surface area contributed by atoms with Gasteiger partial charge in [-0.05, 0) is 66.7 Å². The van der Waals surface area contributed by atoms with Crippen LogP contribution in [0.4, 0.5) is 17.1 Å². The number of hydrogen-bond acceptors (Lipinski definition) is 5. The number of nitrogens with zero attached hydrogens (tertiary/aromatic N) is 2. The predicted molar refractivity (Wildman–Crippen MR) is 169 cm³/mol. The van der Waals surface area contributed by atoms with Gasteiger partial charge in [0.25, 0.3) is 0 Å². The zero-order valence-electron chi connectivity index (χ0n) is 22.3. The average molecular weight is 543 g/mol. The lowest BCUT2D eigenvalue weighted by Crippen LogP contribution is -2.10. The second-order valence-corrected chi connectivity index (χ2v) is 10.4. The molecule has 0 atom stereocenters. The molecule has 5 nitrogen and oxygen atoms in total. The molecule has 0 saturated heterocycles. The van der Waals surface area contributed by atoms with E-state index in [1.165, 1.54) is 0 Å². The Labute approximate surface area is 239 Å². The van der Waals surface area contributed by atoms with Crippen molar-refractivity contribution in [1.82, 2.24) is 4.98 Å². The maximum Gasteiger partial charge on any atom is 0.227 e. The van der Waals surface area contributed by atoms with Gasteiger partial charge in [0.1, 0.15) is 27.8 Å². The Kier molecular flexibility index (Phi) is 4.83. The quantitative estimate of drug-likeness (QED) is 0.221. The Morgan fingerprint density at radius 1 is 0.452 bits per heavy atom. The van der Waals surface area contributed by atoms with Crippen molar-refractivity contribution in [1.29, 1.82) is 0 Å². The fourth-order valence-electron chi connectivity index (χ4n) is 5.98. The molecule has 0 aliphatic carbocycles. The number of aromatic nitrogens is 1. The van der Waals surface area contributed by atoms with Crippen molar-refractivity contribution >= 4 is 72.0 Å². The summed E-state index contributed by atoms with van der Waals surface area (Å²) >= 11 is 0. The van der Waals surface area contributed by atoms with Crippen LogP contribution in [0, 0.1) is 0 Å². The van der Waals surface area contributed by atoms with Crippen LogP contribution < -0.4 is 4.90 Å². The Hall–Kier alpha value is -5.81. The first kappa shape index (κ1) is 22.9. The van der Waals surface area contributed by atoms with Crippen molar-refractivity contribution < 1.29 is 13.3 Å². The minimum Gasteiger partial charge on any atom is -0.456 e. The summed E-state index contributed by atoms with van der Waals surface area (Å²) in [5.74, 6) is 0.596. The van der Waals surface area contributed by atoms with Crippen LogP contribution in [0.1, 0.15) is 0 Å². The van der Waals surface area contributed by atoms with Crippen LogP contribution in [-0.2, 0) is 0 Å². The van der Waals surface area contributed by atoms with Crippen molar-refractivity contribution in [3.8, 4) is 11.5 Å². The van der Waals surface area contributed by atoms with Crippen LogP contribution in [0.5, 0.6) is 0 Å². The molecule has 0 N–H and O–H groups in total. The van der Waals surface area contributed by atoms with E-state index in [4.69, 9.17) is 18.2 Å². The number of oxazole rings is 1. The predicted octanol–water partition coefficient (Wildman–Crippen LogP) is 10.8. The van der Waals surface area contributed by atoms with E-state index in [-0.39, 0.29) is 0 Å². The van der Waals surface area contributed by atoms with E-state index in [1.807, 2.05) is 78.9 Å². The molecule has 9 aromatic rings. The molecule has 3 heterocycles. The molecular weight excluding hydrogens is 520 g/mol. The first-order valence-electron chi connectivity index (χ1n) is 13.9. The molecule has 0 aliphatic rings. The average Bonchev–Trinajstić information content (AvgIpc) is 3.74. The molecule has 6 aromatic carbocycles. The molecular formula is C37H22N2O3. The standard InChI is InChI=1S/C37H22N2O3/c1-3-10-23(11-4-1)37-38-29-22-34-28(21-35(29)42-37)27-20-25(18-19-32(27)41-34)39(24-12-5-2-6-13-24)30-15-9-17-33-36(30)26-14-7-8-16-31(26)40-33/h1-22H. The van der Waals surface area contributed by atoms with E-state index in [0.29, 0.717) is 5.89 Å². The number of fused-ring (bicyclic) bond motifs is 7. The van der Waals surface area contributed by atoms with Gasteiger partial charge in [0.05, 0.1) is 11.1 Å². The lowest BCUT2D eigenvalue weighted by Gasteiger charge is -2.26. The molecule has 5 heteroatoms. The second-order valence-electron chi connectivity index (χ2n) is 10.4. The summed E-state index contributed by atoms with van der Waals surface area (Å²) in [5.41, 5.74) is 8.85. The normalized spacial score (nSPS) is 11.8. The monoisotopic (exact) mass is 542 g/mol. The van der Waals surface area contributed by atoms with E-state index >= 15 is 0 Å². The van der Waals surface area contributed by atoms with Crippen LogP contribution in [-0.4, -0.2) is 4.98 Å². The molecule has 0 amide bonds. The number of hydrogen-bond donors (Lipinski definition) is 0. The minimum atomic E-state index is 0.596. The van der Waals surface area contributed by atoms with Gasteiger partial charge in [-0.15, -0.1) is 0 Å². The highest BCUT2D eigenvalue weighted by molar-refractivity contribution is 6.14. The fraction of sp³-hybridized carbons (Fsp3) is 0. The Bertz CT molecular complexity index is 2420. The van der Waals surface area contributed by atoms with Crippen LogP contribution in [0.25, 0.3) is 66.4 Å². The number of furan rings is 2. The van der Waals surface area contributed by atoms with Gasteiger partial charge in [-0.1, -0.05) is 60.7 Å². The van der Waals surface area contributed by atoms with Crippen molar-refractivity contribution in [2.75, 3.05) is 4.90 Å². The summed E-state index contributed by atoms with van der Waals surface area (Å²) in [6.07, 6.45) is 0. The molecule has 9 rings (SSSR count). The Morgan fingerprint density at radius 3 is 2.05 bits per heavy atom. The molecule has 0 fully saturated rings. The maximum absolute atomic E-state index is 6.32. The Balaban J connectivity index is 1.27. The molecule has 3 aromatic heterocycles. The molecule has 0 spiro atoms.